The van der Waals surface area contributed by atoms with E-state index in [0.717, 1.165) is 5.01 Å². The number of rotatable bonds is 4. The van der Waals surface area contributed by atoms with Crippen molar-refractivity contribution in [3.8, 4) is 0 Å². The molecule has 1 aromatic heterocycles. The van der Waals surface area contributed by atoms with E-state index in [1.54, 1.807) is 29.7 Å². The van der Waals surface area contributed by atoms with Crippen molar-refractivity contribution in [2.45, 2.75) is 12.3 Å². The highest BCUT2D eigenvalue weighted by Crippen LogP contribution is 2.22. The Bertz CT molecular complexity index is 442. The third-order valence-corrected chi connectivity index (χ3v) is 3.45. The molecule has 0 aliphatic carbocycles. The molecule has 1 aromatic carbocycles. The number of benzene rings is 1. The highest BCUT2D eigenvalue weighted by molar-refractivity contribution is 7.09. The lowest BCUT2D eigenvalue weighted by Crippen LogP contribution is -2.15. The van der Waals surface area contributed by atoms with Gasteiger partial charge in [-0.3, -0.25) is 0 Å². The zero-order valence-corrected chi connectivity index (χ0v) is 9.58. The SMILES string of the molecule is NCC(Cc1ccccc1F)c1nccs1. The molecule has 84 valence electrons. The molecule has 0 spiro atoms. The molecule has 0 aliphatic heterocycles. The lowest BCUT2D eigenvalue weighted by molar-refractivity contribution is 0.589. The minimum atomic E-state index is -0.169. The van der Waals surface area contributed by atoms with Gasteiger partial charge in [0.25, 0.3) is 0 Å². The minimum Gasteiger partial charge on any atom is -0.330 e. The molecule has 2 rings (SSSR count). The van der Waals surface area contributed by atoms with Gasteiger partial charge in [-0.05, 0) is 18.1 Å². The summed E-state index contributed by atoms with van der Waals surface area (Å²) in [6, 6.07) is 6.81. The quantitative estimate of drug-likeness (QED) is 0.886. The smallest absolute Gasteiger partial charge is 0.126 e. The molecule has 0 radical (unpaired) electrons. The van der Waals surface area contributed by atoms with Crippen LogP contribution < -0.4 is 5.73 Å². The maximum Gasteiger partial charge on any atom is 0.126 e. The summed E-state index contributed by atoms with van der Waals surface area (Å²) in [5.41, 5.74) is 6.41. The average molecular weight is 236 g/mol. The van der Waals surface area contributed by atoms with E-state index in [0.29, 0.717) is 18.5 Å². The Kier molecular flexibility index (Phi) is 3.64. The molecule has 16 heavy (non-hydrogen) atoms. The molecule has 1 atom stereocenters. The topological polar surface area (TPSA) is 38.9 Å². The fourth-order valence-corrected chi connectivity index (χ4v) is 2.39. The second-order valence-electron chi connectivity index (χ2n) is 3.60. The molecule has 0 amide bonds. The van der Waals surface area contributed by atoms with E-state index in [2.05, 4.69) is 4.98 Å². The monoisotopic (exact) mass is 236 g/mol. The van der Waals surface area contributed by atoms with Gasteiger partial charge in [0.1, 0.15) is 5.82 Å². The highest BCUT2D eigenvalue weighted by atomic mass is 32.1. The Balaban J connectivity index is 2.17. The van der Waals surface area contributed by atoms with Crippen LogP contribution in [0.2, 0.25) is 0 Å². The van der Waals surface area contributed by atoms with E-state index >= 15 is 0 Å². The van der Waals surface area contributed by atoms with Crippen LogP contribution in [-0.2, 0) is 6.42 Å². The second kappa shape index (κ2) is 5.18. The number of thiazole rings is 1. The van der Waals surface area contributed by atoms with Crippen molar-refractivity contribution in [2.75, 3.05) is 6.54 Å². The van der Waals surface area contributed by atoms with Crippen LogP contribution in [0.5, 0.6) is 0 Å². The first-order valence-electron chi connectivity index (χ1n) is 5.14. The van der Waals surface area contributed by atoms with Crippen molar-refractivity contribution in [3.05, 3.63) is 52.2 Å². The Hall–Kier alpha value is -1.26. The summed E-state index contributed by atoms with van der Waals surface area (Å²) in [5.74, 6) is -0.0607. The fraction of sp³-hybridized carbons (Fsp3) is 0.250. The van der Waals surface area contributed by atoms with E-state index in [-0.39, 0.29) is 11.7 Å². The molecule has 1 unspecified atom stereocenters. The Morgan fingerprint density at radius 2 is 2.19 bits per heavy atom. The maximum atomic E-state index is 13.5. The number of nitrogens with zero attached hydrogens (tertiary/aromatic N) is 1. The van der Waals surface area contributed by atoms with E-state index < -0.39 is 0 Å². The summed E-state index contributed by atoms with van der Waals surface area (Å²) >= 11 is 1.57. The van der Waals surface area contributed by atoms with Crippen LogP contribution in [0.25, 0.3) is 0 Å². The third kappa shape index (κ3) is 2.46. The van der Waals surface area contributed by atoms with Crippen molar-refractivity contribution >= 4 is 11.3 Å². The minimum absolute atomic E-state index is 0.108. The molecule has 0 saturated carbocycles. The summed E-state index contributed by atoms with van der Waals surface area (Å²) in [6.07, 6.45) is 2.36. The summed E-state index contributed by atoms with van der Waals surface area (Å²) in [7, 11) is 0. The van der Waals surface area contributed by atoms with Gasteiger partial charge in [0.05, 0.1) is 5.01 Å². The van der Waals surface area contributed by atoms with Crippen molar-refractivity contribution < 1.29 is 4.39 Å². The fourth-order valence-electron chi connectivity index (χ4n) is 1.64. The molecule has 2 aromatic rings. The summed E-state index contributed by atoms with van der Waals surface area (Å²) in [6.45, 7) is 0.488. The maximum absolute atomic E-state index is 13.5. The average Bonchev–Trinajstić information content (AvgIpc) is 2.81. The van der Waals surface area contributed by atoms with Crippen LogP contribution >= 0.6 is 11.3 Å². The number of nitrogens with two attached hydrogens (primary N) is 1. The zero-order valence-electron chi connectivity index (χ0n) is 8.77. The van der Waals surface area contributed by atoms with Crippen LogP contribution in [0.3, 0.4) is 0 Å². The second-order valence-corrected chi connectivity index (χ2v) is 4.52. The lowest BCUT2D eigenvalue weighted by Gasteiger charge is -2.12. The number of halogens is 1. The molecule has 0 saturated heterocycles. The lowest BCUT2D eigenvalue weighted by atomic mass is 10.00. The van der Waals surface area contributed by atoms with Crippen molar-refractivity contribution in [1.29, 1.82) is 0 Å². The summed E-state index contributed by atoms with van der Waals surface area (Å²) in [5, 5.41) is 2.89. The Morgan fingerprint density at radius 3 is 2.81 bits per heavy atom. The molecule has 1 heterocycles. The van der Waals surface area contributed by atoms with Gasteiger partial charge in [-0.25, -0.2) is 9.37 Å². The van der Waals surface area contributed by atoms with Crippen LogP contribution in [0.1, 0.15) is 16.5 Å². The molecule has 4 heteroatoms. The standard InChI is InChI=1S/C12H13FN2S/c13-11-4-2-1-3-9(11)7-10(8-14)12-15-5-6-16-12/h1-6,10H,7-8,14H2. The van der Waals surface area contributed by atoms with E-state index in [1.807, 2.05) is 11.4 Å². The van der Waals surface area contributed by atoms with Gasteiger partial charge in [-0.1, -0.05) is 18.2 Å². The van der Waals surface area contributed by atoms with Gasteiger partial charge in [-0.15, -0.1) is 11.3 Å². The van der Waals surface area contributed by atoms with Gasteiger partial charge in [-0.2, -0.15) is 0 Å². The zero-order chi connectivity index (χ0) is 11.4. The molecule has 2 nitrogen and oxygen atoms in total. The Labute approximate surface area is 97.9 Å². The predicted octanol–water partition coefficient (Wildman–Crippen LogP) is 2.57. The first-order chi connectivity index (χ1) is 7.81. The summed E-state index contributed by atoms with van der Waals surface area (Å²) in [4.78, 5) is 4.23. The largest absolute Gasteiger partial charge is 0.330 e. The third-order valence-electron chi connectivity index (χ3n) is 2.51. The van der Waals surface area contributed by atoms with Gasteiger partial charge in [0.15, 0.2) is 0 Å². The van der Waals surface area contributed by atoms with Crippen molar-refractivity contribution in [3.63, 3.8) is 0 Å². The predicted molar refractivity (Wildman–Crippen MR) is 64.0 cm³/mol. The van der Waals surface area contributed by atoms with Crippen LogP contribution in [0, 0.1) is 5.82 Å². The first-order valence-corrected chi connectivity index (χ1v) is 6.02. The van der Waals surface area contributed by atoms with Gasteiger partial charge < -0.3 is 5.73 Å². The molecule has 0 aliphatic rings. The van der Waals surface area contributed by atoms with Crippen molar-refractivity contribution in [2.24, 2.45) is 5.73 Å². The van der Waals surface area contributed by atoms with Crippen LogP contribution in [0.15, 0.2) is 35.8 Å². The van der Waals surface area contributed by atoms with Crippen molar-refractivity contribution in [1.82, 2.24) is 4.98 Å². The van der Waals surface area contributed by atoms with E-state index in [4.69, 9.17) is 5.73 Å². The summed E-state index contributed by atoms with van der Waals surface area (Å²) < 4.78 is 13.5. The van der Waals surface area contributed by atoms with Gasteiger partial charge in [0, 0.05) is 24.0 Å². The number of hydrogen-bond donors (Lipinski definition) is 1. The van der Waals surface area contributed by atoms with E-state index in [1.165, 1.54) is 6.07 Å². The normalized spacial score (nSPS) is 12.6. The van der Waals surface area contributed by atoms with Gasteiger partial charge in [0.2, 0.25) is 0 Å². The van der Waals surface area contributed by atoms with Crippen LogP contribution in [-0.4, -0.2) is 11.5 Å². The number of aromatic nitrogens is 1. The number of hydrogen-bond acceptors (Lipinski definition) is 3. The highest BCUT2D eigenvalue weighted by Gasteiger charge is 2.14. The van der Waals surface area contributed by atoms with E-state index in [9.17, 15) is 4.39 Å². The van der Waals surface area contributed by atoms with Gasteiger partial charge >= 0.3 is 0 Å². The Morgan fingerprint density at radius 1 is 1.38 bits per heavy atom. The first kappa shape index (κ1) is 11.2. The molecular weight excluding hydrogens is 223 g/mol. The molecule has 0 fully saturated rings. The molecule has 0 bridgehead atoms. The van der Waals surface area contributed by atoms with Crippen LogP contribution in [0.4, 0.5) is 4.39 Å². The molecular formula is C12H13FN2S. The molecule has 2 N–H and O–H groups in total.